The van der Waals surface area contributed by atoms with E-state index >= 15 is 0 Å². The first kappa shape index (κ1) is 13.0. The Kier molecular flexibility index (Phi) is 6.25. The number of ether oxygens (including phenoxy) is 1. The Hall–Kier alpha value is -0.0900. The second-order valence-electron chi connectivity index (χ2n) is 4.13. The van der Waals surface area contributed by atoms with Gasteiger partial charge >= 0.3 is 0 Å². The normalized spacial score (nSPS) is 19.9. The number of hydrogen-bond acceptors (Lipinski definition) is 2. The zero-order chi connectivity index (χ0) is 11.1. The van der Waals surface area contributed by atoms with Crippen LogP contribution in [-0.4, -0.2) is 30.5 Å². The molecule has 1 saturated heterocycles. The zero-order valence-corrected chi connectivity index (χ0v) is 10.9. The van der Waals surface area contributed by atoms with Crippen LogP contribution < -0.4 is 5.32 Å². The number of carbonyl (C=O) groups is 1. The molecular formula is C11H20BrNO2. The van der Waals surface area contributed by atoms with E-state index in [1.807, 2.05) is 0 Å². The molecule has 0 spiro atoms. The summed E-state index contributed by atoms with van der Waals surface area (Å²) in [7, 11) is 0. The molecule has 1 unspecified atom stereocenters. The van der Waals surface area contributed by atoms with Crippen molar-refractivity contribution in [2.45, 2.75) is 38.6 Å². The molecule has 1 heterocycles. The van der Waals surface area contributed by atoms with Gasteiger partial charge in [0, 0.05) is 30.5 Å². The largest absolute Gasteiger partial charge is 0.381 e. The lowest BCUT2D eigenvalue weighted by Crippen LogP contribution is -2.39. The summed E-state index contributed by atoms with van der Waals surface area (Å²) in [6.45, 7) is 3.53. The number of rotatable bonds is 5. The molecule has 0 aromatic heterocycles. The van der Waals surface area contributed by atoms with Crippen LogP contribution in [0.2, 0.25) is 0 Å². The van der Waals surface area contributed by atoms with Crippen LogP contribution in [-0.2, 0) is 9.53 Å². The first-order valence-electron chi connectivity index (χ1n) is 5.68. The highest BCUT2D eigenvalue weighted by Crippen LogP contribution is 2.15. The highest BCUT2D eigenvalue weighted by molar-refractivity contribution is 9.09. The molecule has 1 amide bonds. The molecule has 3 nitrogen and oxygen atoms in total. The van der Waals surface area contributed by atoms with Crippen LogP contribution >= 0.6 is 15.9 Å². The van der Waals surface area contributed by atoms with E-state index in [1.54, 1.807) is 0 Å². The van der Waals surface area contributed by atoms with E-state index in [4.69, 9.17) is 4.74 Å². The molecule has 0 saturated carbocycles. The molecule has 0 aromatic rings. The second kappa shape index (κ2) is 7.23. The Labute approximate surface area is 100 Å². The molecule has 1 atom stereocenters. The van der Waals surface area contributed by atoms with Gasteiger partial charge in [0.15, 0.2) is 0 Å². The van der Waals surface area contributed by atoms with Crippen molar-refractivity contribution < 1.29 is 9.53 Å². The Morgan fingerprint density at radius 1 is 1.53 bits per heavy atom. The average molecular weight is 278 g/mol. The summed E-state index contributed by atoms with van der Waals surface area (Å²) in [6.07, 6.45) is 3.89. The highest BCUT2D eigenvalue weighted by atomic mass is 79.9. The minimum atomic E-state index is 0.171. The van der Waals surface area contributed by atoms with Crippen molar-refractivity contribution in [1.29, 1.82) is 0 Å². The molecule has 1 N–H and O–H groups in total. The van der Waals surface area contributed by atoms with Crippen molar-refractivity contribution >= 4 is 21.8 Å². The molecule has 1 aliphatic rings. The lowest BCUT2D eigenvalue weighted by Gasteiger charge is -2.23. The zero-order valence-electron chi connectivity index (χ0n) is 9.30. The van der Waals surface area contributed by atoms with Gasteiger partial charge in [0.25, 0.3) is 0 Å². The van der Waals surface area contributed by atoms with Crippen molar-refractivity contribution in [3.8, 4) is 0 Å². The van der Waals surface area contributed by atoms with E-state index in [1.165, 1.54) is 0 Å². The van der Waals surface area contributed by atoms with E-state index < -0.39 is 0 Å². The van der Waals surface area contributed by atoms with Crippen LogP contribution in [0, 0.1) is 5.92 Å². The molecule has 15 heavy (non-hydrogen) atoms. The molecule has 4 heteroatoms. The van der Waals surface area contributed by atoms with E-state index in [2.05, 4.69) is 28.2 Å². The molecule has 0 aliphatic carbocycles. The van der Waals surface area contributed by atoms with Gasteiger partial charge in [0.2, 0.25) is 5.91 Å². The molecule has 1 fully saturated rings. The van der Waals surface area contributed by atoms with Crippen LogP contribution in [0.4, 0.5) is 0 Å². The summed E-state index contributed by atoms with van der Waals surface area (Å²) in [5.41, 5.74) is 0. The quantitative estimate of drug-likeness (QED) is 0.782. The molecule has 0 radical (unpaired) electrons. The molecule has 1 aliphatic heterocycles. The maximum atomic E-state index is 11.8. The molecule has 1 rings (SSSR count). The van der Waals surface area contributed by atoms with Gasteiger partial charge in [-0.3, -0.25) is 4.79 Å². The average Bonchev–Trinajstić information content (AvgIpc) is 2.27. The maximum Gasteiger partial charge on any atom is 0.223 e. The summed E-state index contributed by atoms with van der Waals surface area (Å²) >= 11 is 3.39. The molecule has 0 bridgehead atoms. The third kappa shape index (κ3) is 4.98. The van der Waals surface area contributed by atoms with Gasteiger partial charge in [-0.2, -0.15) is 0 Å². The number of carbonyl (C=O) groups excluding carboxylic acids is 1. The summed E-state index contributed by atoms with van der Waals surface area (Å²) in [5.74, 6) is 0.380. The van der Waals surface area contributed by atoms with Crippen LogP contribution in [0.15, 0.2) is 0 Å². The van der Waals surface area contributed by atoms with Gasteiger partial charge in [-0.25, -0.2) is 0 Å². The van der Waals surface area contributed by atoms with Crippen LogP contribution in [0.5, 0.6) is 0 Å². The van der Waals surface area contributed by atoms with E-state index in [0.29, 0.717) is 0 Å². The van der Waals surface area contributed by atoms with Crippen LogP contribution in [0.1, 0.15) is 32.6 Å². The molecule has 88 valence electrons. The Bertz CT molecular complexity index is 193. The fourth-order valence-electron chi connectivity index (χ4n) is 1.78. The van der Waals surface area contributed by atoms with Crippen molar-refractivity contribution in [3.05, 3.63) is 0 Å². The van der Waals surface area contributed by atoms with Gasteiger partial charge in [0.05, 0.1) is 0 Å². The minimum Gasteiger partial charge on any atom is -0.381 e. The number of alkyl halides is 1. The number of halogens is 1. The van der Waals surface area contributed by atoms with Gasteiger partial charge < -0.3 is 10.1 Å². The molecular weight excluding hydrogens is 258 g/mol. The fraction of sp³-hybridized carbons (Fsp3) is 0.909. The van der Waals surface area contributed by atoms with Gasteiger partial charge in [-0.15, -0.1) is 0 Å². The third-order valence-electron chi connectivity index (χ3n) is 2.75. The first-order chi connectivity index (χ1) is 7.24. The summed E-state index contributed by atoms with van der Waals surface area (Å²) in [4.78, 5) is 11.8. The Morgan fingerprint density at radius 3 is 2.80 bits per heavy atom. The predicted molar refractivity (Wildman–Crippen MR) is 64.2 cm³/mol. The van der Waals surface area contributed by atoms with E-state index in [9.17, 15) is 4.79 Å². The minimum absolute atomic E-state index is 0.171. The number of amides is 1. The third-order valence-corrected chi connectivity index (χ3v) is 3.31. The Morgan fingerprint density at radius 2 is 2.20 bits per heavy atom. The van der Waals surface area contributed by atoms with E-state index in [0.717, 1.165) is 44.2 Å². The van der Waals surface area contributed by atoms with E-state index in [-0.39, 0.29) is 17.9 Å². The second-order valence-corrected chi connectivity index (χ2v) is 4.92. The summed E-state index contributed by atoms with van der Waals surface area (Å²) in [6, 6.07) is 0.290. The van der Waals surface area contributed by atoms with Crippen LogP contribution in [0.3, 0.4) is 0 Å². The monoisotopic (exact) mass is 277 g/mol. The predicted octanol–water partition coefficient (Wildman–Crippen LogP) is 2.09. The lowest BCUT2D eigenvalue weighted by molar-refractivity contribution is -0.128. The SMILES string of the molecule is CC(CCCBr)NC(=O)C1CCOCC1. The standard InChI is InChI=1S/C11H20BrNO2/c1-9(3-2-6-12)13-11(14)10-4-7-15-8-5-10/h9-10H,2-8H2,1H3,(H,13,14). The number of hydrogen-bond donors (Lipinski definition) is 1. The smallest absolute Gasteiger partial charge is 0.223 e. The molecule has 0 aromatic carbocycles. The summed E-state index contributed by atoms with van der Waals surface area (Å²) < 4.78 is 5.23. The van der Waals surface area contributed by atoms with Crippen molar-refractivity contribution in [1.82, 2.24) is 5.32 Å². The van der Waals surface area contributed by atoms with Crippen molar-refractivity contribution in [2.24, 2.45) is 5.92 Å². The lowest BCUT2D eigenvalue weighted by atomic mass is 9.99. The van der Waals surface area contributed by atoms with Crippen molar-refractivity contribution in [2.75, 3.05) is 18.5 Å². The highest BCUT2D eigenvalue weighted by Gasteiger charge is 2.22. The topological polar surface area (TPSA) is 38.3 Å². The Balaban J connectivity index is 2.21. The van der Waals surface area contributed by atoms with Crippen molar-refractivity contribution in [3.63, 3.8) is 0 Å². The van der Waals surface area contributed by atoms with Gasteiger partial charge in [-0.1, -0.05) is 15.9 Å². The maximum absolute atomic E-state index is 11.8. The van der Waals surface area contributed by atoms with Gasteiger partial charge in [0.1, 0.15) is 0 Å². The van der Waals surface area contributed by atoms with Gasteiger partial charge in [-0.05, 0) is 32.6 Å². The number of nitrogens with one attached hydrogen (secondary N) is 1. The summed E-state index contributed by atoms with van der Waals surface area (Å²) in [5, 5.41) is 4.07. The fourth-order valence-corrected chi connectivity index (χ4v) is 2.10. The first-order valence-corrected chi connectivity index (χ1v) is 6.80. The van der Waals surface area contributed by atoms with Crippen LogP contribution in [0.25, 0.3) is 0 Å².